The first-order chi connectivity index (χ1) is 8.27. The third kappa shape index (κ3) is 3.06. The lowest BCUT2D eigenvalue weighted by Gasteiger charge is -2.30. The number of hydrogen-bond acceptors (Lipinski definition) is 3. The Morgan fingerprint density at radius 3 is 2.82 bits per heavy atom. The van der Waals surface area contributed by atoms with Gasteiger partial charge in [0.25, 0.3) is 0 Å². The maximum absolute atomic E-state index is 11.1. The molecule has 0 amide bonds. The highest BCUT2D eigenvalue weighted by Crippen LogP contribution is 2.17. The monoisotopic (exact) mass is 232 g/mol. The SMILES string of the molecule is O=C(O)[C@H]1CCCCN1/N=C/c1ccccc1. The van der Waals surface area contributed by atoms with E-state index in [1.807, 2.05) is 30.3 Å². The van der Waals surface area contributed by atoms with Crippen molar-refractivity contribution >= 4 is 12.2 Å². The average molecular weight is 232 g/mol. The molecule has 0 spiro atoms. The zero-order valence-corrected chi connectivity index (χ0v) is 9.62. The van der Waals surface area contributed by atoms with Crippen LogP contribution in [0, 0.1) is 0 Å². The van der Waals surface area contributed by atoms with Crippen LogP contribution in [0.3, 0.4) is 0 Å². The number of aliphatic carboxylic acids is 1. The molecule has 0 saturated carbocycles. The highest BCUT2D eigenvalue weighted by atomic mass is 16.4. The van der Waals surface area contributed by atoms with E-state index in [1.54, 1.807) is 11.2 Å². The number of carboxylic acids is 1. The maximum atomic E-state index is 11.1. The largest absolute Gasteiger partial charge is 0.480 e. The van der Waals surface area contributed by atoms with Crippen molar-refractivity contribution in [2.24, 2.45) is 5.10 Å². The van der Waals surface area contributed by atoms with E-state index in [-0.39, 0.29) is 0 Å². The first-order valence-corrected chi connectivity index (χ1v) is 5.86. The molecule has 0 aromatic heterocycles. The Bertz CT molecular complexity index is 403. The van der Waals surface area contributed by atoms with Crippen molar-refractivity contribution in [3.63, 3.8) is 0 Å². The number of nitrogens with zero attached hydrogens (tertiary/aromatic N) is 2. The van der Waals surface area contributed by atoms with Crippen molar-refractivity contribution in [3.8, 4) is 0 Å². The van der Waals surface area contributed by atoms with E-state index in [2.05, 4.69) is 5.10 Å². The second kappa shape index (κ2) is 5.48. The number of carboxylic acid groups (broad SMARTS) is 1. The summed E-state index contributed by atoms with van der Waals surface area (Å²) < 4.78 is 0. The molecule has 1 saturated heterocycles. The van der Waals surface area contributed by atoms with E-state index in [1.165, 1.54) is 0 Å². The Hall–Kier alpha value is -1.84. The van der Waals surface area contributed by atoms with Gasteiger partial charge in [0.15, 0.2) is 0 Å². The third-order valence-corrected chi connectivity index (χ3v) is 2.91. The minimum absolute atomic E-state index is 0.469. The Morgan fingerprint density at radius 1 is 1.35 bits per heavy atom. The van der Waals surface area contributed by atoms with Crippen LogP contribution in [0.1, 0.15) is 24.8 Å². The number of benzene rings is 1. The second-order valence-corrected chi connectivity index (χ2v) is 4.17. The molecule has 1 fully saturated rings. The Labute approximate surface area is 101 Å². The molecule has 1 aromatic carbocycles. The molecule has 1 aromatic rings. The van der Waals surface area contributed by atoms with E-state index in [9.17, 15) is 4.79 Å². The van der Waals surface area contributed by atoms with E-state index < -0.39 is 12.0 Å². The Kier molecular flexibility index (Phi) is 3.75. The molecule has 1 N–H and O–H groups in total. The molecule has 90 valence electrons. The van der Waals surface area contributed by atoms with Gasteiger partial charge < -0.3 is 5.11 Å². The number of hydrazone groups is 1. The fraction of sp³-hybridized carbons (Fsp3) is 0.385. The Morgan fingerprint density at radius 2 is 2.12 bits per heavy atom. The highest BCUT2D eigenvalue weighted by molar-refractivity contribution is 5.79. The predicted molar refractivity (Wildman–Crippen MR) is 66.0 cm³/mol. The lowest BCUT2D eigenvalue weighted by molar-refractivity contribution is -0.144. The molecule has 1 atom stereocenters. The van der Waals surface area contributed by atoms with Gasteiger partial charge in [-0.1, -0.05) is 30.3 Å². The molecule has 4 heteroatoms. The molecule has 4 nitrogen and oxygen atoms in total. The molecule has 0 bridgehead atoms. The van der Waals surface area contributed by atoms with Crippen molar-refractivity contribution in [1.29, 1.82) is 0 Å². The molecular weight excluding hydrogens is 216 g/mol. The van der Waals surface area contributed by atoms with Crippen molar-refractivity contribution in [2.75, 3.05) is 6.54 Å². The third-order valence-electron chi connectivity index (χ3n) is 2.91. The van der Waals surface area contributed by atoms with E-state index >= 15 is 0 Å². The molecule has 0 aliphatic carbocycles. The summed E-state index contributed by atoms with van der Waals surface area (Å²) in [4.78, 5) is 11.1. The highest BCUT2D eigenvalue weighted by Gasteiger charge is 2.26. The van der Waals surface area contributed by atoms with Crippen LogP contribution in [0.25, 0.3) is 0 Å². The van der Waals surface area contributed by atoms with Crippen LogP contribution in [-0.2, 0) is 4.79 Å². The molecule has 1 heterocycles. The number of piperidine rings is 1. The van der Waals surface area contributed by atoms with Crippen molar-refractivity contribution in [3.05, 3.63) is 35.9 Å². The summed E-state index contributed by atoms with van der Waals surface area (Å²) in [6.07, 6.45) is 4.38. The first kappa shape index (κ1) is 11.6. The quantitative estimate of drug-likeness (QED) is 0.810. The van der Waals surface area contributed by atoms with Crippen LogP contribution >= 0.6 is 0 Å². The topological polar surface area (TPSA) is 52.9 Å². The molecule has 17 heavy (non-hydrogen) atoms. The molecule has 1 aliphatic rings. The summed E-state index contributed by atoms with van der Waals surface area (Å²) in [6.45, 7) is 0.723. The van der Waals surface area contributed by atoms with Gasteiger partial charge in [-0.3, -0.25) is 5.01 Å². The number of rotatable bonds is 3. The van der Waals surface area contributed by atoms with E-state index in [0.29, 0.717) is 6.42 Å². The fourth-order valence-corrected chi connectivity index (χ4v) is 1.99. The summed E-state index contributed by atoms with van der Waals surface area (Å²) in [6, 6.07) is 9.24. The minimum atomic E-state index is -0.782. The number of carbonyl (C=O) groups is 1. The maximum Gasteiger partial charge on any atom is 0.328 e. The van der Waals surface area contributed by atoms with Gasteiger partial charge in [-0.25, -0.2) is 4.79 Å². The second-order valence-electron chi connectivity index (χ2n) is 4.17. The molecule has 0 unspecified atom stereocenters. The van der Waals surface area contributed by atoms with Gasteiger partial charge in [0.1, 0.15) is 6.04 Å². The van der Waals surface area contributed by atoms with Gasteiger partial charge in [0, 0.05) is 6.54 Å². The molecule has 2 rings (SSSR count). The lowest BCUT2D eigenvalue weighted by Crippen LogP contribution is -2.41. The summed E-state index contributed by atoms with van der Waals surface area (Å²) >= 11 is 0. The van der Waals surface area contributed by atoms with Crippen LogP contribution in [0.4, 0.5) is 0 Å². The summed E-state index contributed by atoms with van der Waals surface area (Å²) in [7, 11) is 0. The normalized spacial score (nSPS) is 20.7. The minimum Gasteiger partial charge on any atom is -0.480 e. The lowest BCUT2D eigenvalue weighted by atomic mass is 10.0. The van der Waals surface area contributed by atoms with E-state index in [4.69, 9.17) is 5.11 Å². The van der Waals surface area contributed by atoms with Crippen LogP contribution in [0.15, 0.2) is 35.4 Å². The molecule has 1 aliphatic heterocycles. The van der Waals surface area contributed by atoms with Crippen LogP contribution < -0.4 is 0 Å². The summed E-state index contributed by atoms with van der Waals surface area (Å²) in [5.41, 5.74) is 0.988. The van der Waals surface area contributed by atoms with Gasteiger partial charge in [-0.05, 0) is 24.8 Å². The van der Waals surface area contributed by atoms with Gasteiger partial charge in [0.2, 0.25) is 0 Å². The van der Waals surface area contributed by atoms with Crippen molar-refractivity contribution in [1.82, 2.24) is 5.01 Å². The fourth-order valence-electron chi connectivity index (χ4n) is 1.99. The standard InChI is InChI=1S/C13H16N2O2/c16-13(17)12-8-4-5-9-15(12)14-10-11-6-2-1-3-7-11/h1-3,6-7,10,12H,4-5,8-9H2,(H,16,17)/b14-10+/t12-/m1/s1. The van der Waals surface area contributed by atoms with Crippen LogP contribution in [0.2, 0.25) is 0 Å². The van der Waals surface area contributed by atoms with Crippen LogP contribution in [0.5, 0.6) is 0 Å². The van der Waals surface area contributed by atoms with Gasteiger partial charge in [0.05, 0.1) is 6.21 Å². The predicted octanol–water partition coefficient (Wildman–Crippen LogP) is 1.96. The molecule has 0 radical (unpaired) electrons. The van der Waals surface area contributed by atoms with Crippen LogP contribution in [-0.4, -0.2) is 34.9 Å². The van der Waals surface area contributed by atoms with E-state index in [0.717, 1.165) is 24.9 Å². The number of hydrogen-bond donors (Lipinski definition) is 1. The average Bonchev–Trinajstić information content (AvgIpc) is 2.38. The van der Waals surface area contributed by atoms with Gasteiger partial charge in [-0.2, -0.15) is 5.10 Å². The first-order valence-electron chi connectivity index (χ1n) is 5.86. The van der Waals surface area contributed by atoms with Gasteiger partial charge >= 0.3 is 5.97 Å². The zero-order chi connectivity index (χ0) is 12.1. The zero-order valence-electron chi connectivity index (χ0n) is 9.62. The van der Waals surface area contributed by atoms with Gasteiger partial charge in [-0.15, -0.1) is 0 Å². The Balaban J connectivity index is 2.06. The van der Waals surface area contributed by atoms with Crippen molar-refractivity contribution < 1.29 is 9.90 Å². The summed E-state index contributed by atoms with van der Waals surface area (Å²) in [5.74, 6) is -0.782. The summed E-state index contributed by atoms with van der Waals surface area (Å²) in [5, 5.41) is 15.1. The van der Waals surface area contributed by atoms with Crippen molar-refractivity contribution in [2.45, 2.75) is 25.3 Å². The smallest absolute Gasteiger partial charge is 0.328 e. The molecular formula is C13H16N2O2.